The minimum absolute atomic E-state index is 0.191. The van der Waals surface area contributed by atoms with E-state index in [1.165, 1.54) is 23.7 Å². The normalized spacial score (nSPS) is 29.2. The van der Waals surface area contributed by atoms with E-state index in [4.69, 9.17) is 10.5 Å². The standard InChI is InChI=1S/C17H21N5O4/c18-15-12-16(21-11(20-15)6-5-9-3-1-2-4-9)22(8-19-12)17-14(25)13(24)10(7-23)26-17/h8-10,13-14,17,23-25H,1-4,7H2,(H2,18,20,21)/t10-,13-,14-,17-/m1/s1. The molecule has 0 radical (unpaired) electrons. The highest BCUT2D eigenvalue weighted by molar-refractivity contribution is 5.82. The fourth-order valence-electron chi connectivity index (χ4n) is 3.53. The predicted octanol–water partition coefficient (Wildman–Crippen LogP) is -0.438. The topological polar surface area (TPSA) is 140 Å². The fraction of sp³-hybridized carbons (Fsp3) is 0.588. The highest BCUT2D eigenvalue weighted by atomic mass is 16.6. The van der Waals surface area contributed by atoms with Crippen molar-refractivity contribution >= 4 is 17.0 Å². The fourth-order valence-corrected chi connectivity index (χ4v) is 3.53. The van der Waals surface area contributed by atoms with Crippen molar-refractivity contribution in [1.82, 2.24) is 19.5 Å². The number of aromatic nitrogens is 4. The number of aliphatic hydroxyl groups is 3. The van der Waals surface area contributed by atoms with E-state index in [0.717, 1.165) is 12.8 Å². The maximum atomic E-state index is 10.2. The van der Waals surface area contributed by atoms with Crippen LogP contribution in [-0.2, 0) is 4.74 Å². The molecule has 0 amide bonds. The molecule has 1 aliphatic carbocycles. The number of hydrogen-bond acceptors (Lipinski definition) is 8. The molecular weight excluding hydrogens is 338 g/mol. The summed E-state index contributed by atoms with van der Waals surface area (Å²) in [6, 6.07) is 0. The average molecular weight is 359 g/mol. The molecule has 9 heteroatoms. The molecular formula is C17H21N5O4. The van der Waals surface area contributed by atoms with Crippen molar-refractivity contribution in [3.05, 3.63) is 12.2 Å². The molecule has 9 nitrogen and oxygen atoms in total. The highest BCUT2D eigenvalue weighted by Crippen LogP contribution is 2.32. The second-order valence-electron chi connectivity index (χ2n) is 6.74. The van der Waals surface area contributed by atoms with Crippen molar-refractivity contribution in [2.24, 2.45) is 5.92 Å². The third-order valence-electron chi connectivity index (χ3n) is 4.98. The summed E-state index contributed by atoms with van der Waals surface area (Å²) in [5, 5.41) is 29.5. The summed E-state index contributed by atoms with van der Waals surface area (Å²) >= 11 is 0. The first-order valence-corrected chi connectivity index (χ1v) is 8.72. The number of nitrogens with zero attached hydrogens (tertiary/aromatic N) is 4. The van der Waals surface area contributed by atoms with Crippen LogP contribution in [0.25, 0.3) is 11.2 Å². The van der Waals surface area contributed by atoms with Gasteiger partial charge in [0.2, 0.25) is 5.82 Å². The Hall–Kier alpha value is -2.25. The minimum Gasteiger partial charge on any atom is -0.394 e. The van der Waals surface area contributed by atoms with Crippen molar-refractivity contribution in [2.75, 3.05) is 12.3 Å². The summed E-state index contributed by atoms with van der Waals surface area (Å²) in [7, 11) is 0. The zero-order valence-electron chi connectivity index (χ0n) is 14.1. The maximum absolute atomic E-state index is 10.2. The highest BCUT2D eigenvalue weighted by Gasteiger charge is 2.44. The Balaban J connectivity index is 1.70. The van der Waals surface area contributed by atoms with Gasteiger partial charge in [0.05, 0.1) is 12.9 Å². The predicted molar refractivity (Wildman–Crippen MR) is 91.6 cm³/mol. The quantitative estimate of drug-likeness (QED) is 0.529. The first kappa shape index (κ1) is 17.2. The number of hydrogen-bond donors (Lipinski definition) is 4. The van der Waals surface area contributed by atoms with Gasteiger partial charge in [-0.25, -0.2) is 15.0 Å². The molecule has 1 aliphatic heterocycles. The molecule has 5 N–H and O–H groups in total. The lowest BCUT2D eigenvalue weighted by Gasteiger charge is -2.16. The molecule has 0 aromatic carbocycles. The van der Waals surface area contributed by atoms with Crippen molar-refractivity contribution in [3.63, 3.8) is 0 Å². The van der Waals surface area contributed by atoms with Gasteiger partial charge in [-0.3, -0.25) is 4.57 Å². The van der Waals surface area contributed by atoms with Crippen LogP contribution in [0.2, 0.25) is 0 Å². The van der Waals surface area contributed by atoms with Gasteiger partial charge >= 0.3 is 0 Å². The summed E-state index contributed by atoms with van der Waals surface area (Å²) in [6.07, 6.45) is 1.74. The number of fused-ring (bicyclic) bond motifs is 1. The molecule has 1 saturated carbocycles. The van der Waals surface area contributed by atoms with Crippen molar-refractivity contribution in [3.8, 4) is 11.8 Å². The Morgan fingerprint density at radius 3 is 2.69 bits per heavy atom. The molecule has 0 bridgehead atoms. The summed E-state index contributed by atoms with van der Waals surface area (Å²) < 4.78 is 7.03. The summed E-state index contributed by atoms with van der Waals surface area (Å²) in [5.74, 6) is 7.01. The van der Waals surface area contributed by atoms with E-state index >= 15 is 0 Å². The third-order valence-corrected chi connectivity index (χ3v) is 4.98. The van der Waals surface area contributed by atoms with Crippen LogP contribution in [0.3, 0.4) is 0 Å². The van der Waals surface area contributed by atoms with Gasteiger partial charge in [0.15, 0.2) is 17.7 Å². The molecule has 2 fully saturated rings. The van der Waals surface area contributed by atoms with Gasteiger partial charge in [-0.05, 0) is 18.8 Å². The summed E-state index contributed by atoms with van der Waals surface area (Å²) in [4.78, 5) is 12.8. The molecule has 4 rings (SSSR count). The number of ether oxygens (including phenoxy) is 1. The molecule has 2 aromatic rings. The van der Waals surface area contributed by atoms with Crippen LogP contribution >= 0.6 is 0 Å². The maximum Gasteiger partial charge on any atom is 0.208 e. The Bertz CT molecular complexity index is 867. The van der Waals surface area contributed by atoms with E-state index in [-0.39, 0.29) is 11.6 Å². The zero-order chi connectivity index (χ0) is 18.3. The lowest BCUT2D eigenvalue weighted by molar-refractivity contribution is -0.0511. The van der Waals surface area contributed by atoms with Gasteiger partial charge in [0.1, 0.15) is 23.8 Å². The molecule has 1 saturated heterocycles. The number of anilines is 1. The van der Waals surface area contributed by atoms with Gasteiger partial charge in [0, 0.05) is 5.92 Å². The number of nitrogen functional groups attached to an aromatic ring is 1. The number of aliphatic hydroxyl groups excluding tert-OH is 3. The largest absolute Gasteiger partial charge is 0.394 e. The van der Waals surface area contributed by atoms with Crippen LogP contribution < -0.4 is 5.73 Å². The van der Waals surface area contributed by atoms with Crippen LogP contribution in [0, 0.1) is 17.8 Å². The Morgan fingerprint density at radius 2 is 2.00 bits per heavy atom. The molecule has 0 unspecified atom stereocenters. The first-order valence-electron chi connectivity index (χ1n) is 8.72. The Kier molecular flexibility index (Phi) is 4.50. The molecule has 4 atom stereocenters. The van der Waals surface area contributed by atoms with Gasteiger partial charge in [0.25, 0.3) is 0 Å². The lowest BCUT2D eigenvalue weighted by Crippen LogP contribution is -2.33. The van der Waals surface area contributed by atoms with E-state index in [1.807, 2.05) is 0 Å². The second kappa shape index (κ2) is 6.81. The number of imidazole rings is 1. The van der Waals surface area contributed by atoms with Gasteiger partial charge < -0.3 is 25.8 Å². The van der Waals surface area contributed by atoms with E-state index in [1.54, 1.807) is 0 Å². The number of rotatable bonds is 2. The van der Waals surface area contributed by atoms with Crippen LogP contribution in [0.5, 0.6) is 0 Å². The molecule has 138 valence electrons. The molecule has 2 aromatic heterocycles. The van der Waals surface area contributed by atoms with Crippen LogP contribution in [0.4, 0.5) is 5.82 Å². The van der Waals surface area contributed by atoms with Crippen molar-refractivity contribution < 1.29 is 20.1 Å². The SMILES string of the molecule is Nc1nc(C#CC2CCCC2)nc2c1ncn2[C@@H]1O[C@H](CO)[C@@H](O)[C@H]1O. The van der Waals surface area contributed by atoms with Crippen molar-refractivity contribution in [2.45, 2.75) is 50.2 Å². The molecule has 26 heavy (non-hydrogen) atoms. The third kappa shape index (κ3) is 2.91. The van der Waals surface area contributed by atoms with Gasteiger partial charge in [-0.1, -0.05) is 18.8 Å². The smallest absolute Gasteiger partial charge is 0.208 e. The molecule has 0 spiro atoms. The molecule has 3 heterocycles. The second-order valence-corrected chi connectivity index (χ2v) is 6.74. The minimum atomic E-state index is -1.23. The van der Waals surface area contributed by atoms with E-state index in [9.17, 15) is 15.3 Å². The number of nitrogens with two attached hydrogens (primary N) is 1. The van der Waals surface area contributed by atoms with Gasteiger partial charge in [-0.15, -0.1) is 0 Å². The summed E-state index contributed by atoms with van der Waals surface area (Å²) in [6.45, 7) is -0.406. The molecule has 2 aliphatic rings. The average Bonchev–Trinajstić information content (AvgIpc) is 3.34. The lowest BCUT2D eigenvalue weighted by atomic mass is 10.1. The van der Waals surface area contributed by atoms with E-state index < -0.39 is 31.1 Å². The van der Waals surface area contributed by atoms with E-state index in [0.29, 0.717) is 17.1 Å². The first-order chi connectivity index (χ1) is 12.6. The van der Waals surface area contributed by atoms with Crippen LogP contribution in [-0.4, -0.2) is 59.8 Å². The Labute approximate surface area is 149 Å². The van der Waals surface area contributed by atoms with Crippen LogP contribution in [0.15, 0.2) is 6.33 Å². The monoisotopic (exact) mass is 359 g/mol. The van der Waals surface area contributed by atoms with E-state index in [2.05, 4.69) is 26.8 Å². The summed E-state index contributed by atoms with van der Waals surface area (Å²) in [5.41, 5.74) is 6.71. The van der Waals surface area contributed by atoms with Crippen molar-refractivity contribution in [1.29, 1.82) is 0 Å². The van der Waals surface area contributed by atoms with Crippen LogP contribution in [0.1, 0.15) is 37.7 Å². The Morgan fingerprint density at radius 1 is 1.23 bits per heavy atom. The van der Waals surface area contributed by atoms with Gasteiger partial charge in [-0.2, -0.15) is 0 Å². The zero-order valence-corrected chi connectivity index (χ0v) is 14.1.